The molecule has 2 saturated heterocycles. The predicted octanol–water partition coefficient (Wildman–Crippen LogP) is 0.716. The van der Waals surface area contributed by atoms with E-state index in [0.29, 0.717) is 5.75 Å². The minimum atomic E-state index is -1.10. The van der Waals surface area contributed by atoms with E-state index in [4.69, 9.17) is 18.9 Å². The summed E-state index contributed by atoms with van der Waals surface area (Å²) in [4.78, 5) is 21.8. The van der Waals surface area contributed by atoms with Crippen LogP contribution in [0.25, 0.3) is 0 Å². The molecule has 1 aromatic rings. The summed E-state index contributed by atoms with van der Waals surface area (Å²) in [6.45, 7) is 4.95. The molecule has 2 fully saturated rings. The standard InChI is InChI=1S/C17H22N2O8/c1-9(20)18-13-14(21)15-12(8-24-17(2,3)27-15)26-16(13)25-11-6-4-10(5-7-11)19(22)23/h4-7,12-16,21H,8H2,1-3H3,(H,18,20)/t12-,13+,14-,15+,16+/m1/s1. The summed E-state index contributed by atoms with van der Waals surface area (Å²) in [5, 5.41) is 24.2. The Hall–Kier alpha value is -2.27. The van der Waals surface area contributed by atoms with Crippen molar-refractivity contribution in [1.82, 2.24) is 5.32 Å². The molecule has 148 valence electrons. The number of hydrogen-bond donors (Lipinski definition) is 2. The van der Waals surface area contributed by atoms with Crippen LogP contribution in [-0.4, -0.2) is 59.0 Å². The molecule has 2 heterocycles. The zero-order chi connectivity index (χ0) is 19.8. The third-order valence-electron chi connectivity index (χ3n) is 4.36. The highest BCUT2D eigenvalue weighted by atomic mass is 16.8. The van der Waals surface area contributed by atoms with Crippen LogP contribution in [0.2, 0.25) is 0 Å². The second kappa shape index (κ2) is 7.39. The molecule has 0 aromatic heterocycles. The van der Waals surface area contributed by atoms with E-state index in [1.807, 2.05) is 0 Å². The number of nitrogens with zero attached hydrogens (tertiary/aromatic N) is 1. The van der Waals surface area contributed by atoms with Crippen LogP contribution in [0.3, 0.4) is 0 Å². The number of carbonyl (C=O) groups is 1. The molecule has 0 aliphatic carbocycles. The van der Waals surface area contributed by atoms with Gasteiger partial charge in [0.2, 0.25) is 12.2 Å². The van der Waals surface area contributed by atoms with E-state index in [-0.39, 0.29) is 18.2 Å². The van der Waals surface area contributed by atoms with Gasteiger partial charge in [0.15, 0.2) is 5.79 Å². The molecular weight excluding hydrogens is 360 g/mol. The van der Waals surface area contributed by atoms with Gasteiger partial charge in [0.25, 0.3) is 5.69 Å². The fourth-order valence-corrected chi connectivity index (χ4v) is 3.11. The molecule has 10 nitrogen and oxygen atoms in total. The number of amides is 1. The van der Waals surface area contributed by atoms with Crippen LogP contribution >= 0.6 is 0 Å². The van der Waals surface area contributed by atoms with Crippen molar-refractivity contribution in [2.24, 2.45) is 0 Å². The molecule has 1 amide bonds. The van der Waals surface area contributed by atoms with Gasteiger partial charge in [-0.05, 0) is 26.0 Å². The van der Waals surface area contributed by atoms with Crippen LogP contribution < -0.4 is 10.1 Å². The molecule has 1 aromatic carbocycles. The number of carbonyl (C=O) groups excluding carboxylic acids is 1. The van der Waals surface area contributed by atoms with E-state index in [1.165, 1.54) is 31.2 Å². The first-order valence-electron chi connectivity index (χ1n) is 8.50. The lowest BCUT2D eigenvalue weighted by Gasteiger charge is -2.49. The lowest BCUT2D eigenvalue weighted by Crippen LogP contribution is -2.69. The third kappa shape index (κ3) is 4.35. The summed E-state index contributed by atoms with van der Waals surface area (Å²) in [6, 6.07) is 4.52. The monoisotopic (exact) mass is 382 g/mol. The van der Waals surface area contributed by atoms with Crippen molar-refractivity contribution in [1.29, 1.82) is 0 Å². The number of non-ortho nitro benzene ring substituents is 1. The fraction of sp³-hybridized carbons (Fsp3) is 0.588. The summed E-state index contributed by atoms with van der Waals surface area (Å²) >= 11 is 0. The Kier molecular flexibility index (Phi) is 5.33. The first kappa shape index (κ1) is 19.5. The number of hydrogen-bond acceptors (Lipinski definition) is 8. The Morgan fingerprint density at radius 2 is 2.04 bits per heavy atom. The van der Waals surface area contributed by atoms with Gasteiger partial charge in [-0.1, -0.05) is 0 Å². The highest BCUT2D eigenvalue weighted by Crippen LogP contribution is 2.33. The zero-order valence-electron chi connectivity index (χ0n) is 15.2. The topological polar surface area (TPSA) is 129 Å². The van der Waals surface area contributed by atoms with Gasteiger partial charge >= 0.3 is 0 Å². The molecule has 10 heteroatoms. The van der Waals surface area contributed by atoms with Crippen molar-refractivity contribution in [2.45, 2.75) is 57.2 Å². The Labute approximate surface area is 155 Å². The van der Waals surface area contributed by atoms with Gasteiger partial charge in [-0.15, -0.1) is 0 Å². The van der Waals surface area contributed by atoms with E-state index >= 15 is 0 Å². The SMILES string of the molecule is CC(=O)N[C@@H]1[C@@H](Oc2ccc([N+](=O)[O-])cc2)O[C@@H]2COC(C)(C)O[C@@H]2[C@@H]1O. The number of nitro benzene ring substituents is 1. The smallest absolute Gasteiger partial charge is 0.269 e. The zero-order valence-corrected chi connectivity index (χ0v) is 15.2. The summed E-state index contributed by atoms with van der Waals surface area (Å²) in [5.41, 5.74) is -0.0817. The Bertz CT molecular complexity index is 707. The average molecular weight is 382 g/mol. The second-order valence-electron chi connectivity index (χ2n) is 6.92. The number of rotatable bonds is 4. The van der Waals surface area contributed by atoms with Crippen molar-refractivity contribution in [2.75, 3.05) is 6.61 Å². The second-order valence-corrected chi connectivity index (χ2v) is 6.92. The number of aliphatic hydroxyl groups excluding tert-OH is 1. The van der Waals surface area contributed by atoms with Crippen molar-refractivity contribution in [3.8, 4) is 5.75 Å². The first-order valence-corrected chi connectivity index (χ1v) is 8.50. The number of aliphatic hydroxyl groups is 1. The van der Waals surface area contributed by atoms with E-state index < -0.39 is 41.4 Å². The average Bonchev–Trinajstić information content (AvgIpc) is 2.59. The molecule has 5 atom stereocenters. The lowest BCUT2D eigenvalue weighted by molar-refractivity contribution is -0.384. The minimum absolute atomic E-state index is 0.0817. The van der Waals surface area contributed by atoms with Gasteiger partial charge in [0.1, 0.15) is 30.1 Å². The highest BCUT2D eigenvalue weighted by Gasteiger charge is 2.52. The van der Waals surface area contributed by atoms with Crippen LogP contribution in [0.1, 0.15) is 20.8 Å². The maximum Gasteiger partial charge on any atom is 0.269 e. The largest absolute Gasteiger partial charge is 0.463 e. The lowest BCUT2D eigenvalue weighted by atomic mass is 9.95. The van der Waals surface area contributed by atoms with Crippen molar-refractivity contribution < 1.29 is 33.8 Å². The minimum Gasteiger partial charge on any atom is -0.463 e. The third-order valence-corrected chi connectivity index (χ3v) is 4.36. The van der Waals surface area contributed by atoms with Gasteiger partial charge < -0.3 is 29.4 Å². The van der Waals surface area contributed by atoms with Crippen LogP contribution in [0.4, 0.5) is 5.69 Å². The molecule has 0 bridgehead atoms. The first-order chi connectivity index (χ1) is 12.7. The quantitative estimate of drug-likeness (QED) is 0.575. The van der Waals surface area contributed by atoms with Crippen LogP contribution in [0.5, 0.6) is 5.75 Å². The van der Waals surface area contributed by atoms with Crippen LogP contribution in [0, 0.1) is 10.1 Å². The van der Waals surface area contributed by atoms with Crippen molar-refractivity contribution in [3.63, 3.8) is 0 Å². The Morgan fingerprint density at radius 3 is 2.63 bits per heavy atom. The fourth-order valence-electron chi connectivity index (χ4n) is 3.11. The summed E-state index contributed by atoms with van der Waals surface area (Å²) in [5.74, 6) is -0.965. The van der Waals surface area contributed by atoms with Crippen LogP contribution in [0.15, 0.2) is 24.3 Å². The molecule has 0 spiro atoms. The maximum absolute atomic E-state index is 11.6. The van der Waals surface area contributed by atoms with E-state index in [2.05, 4.69) is 5.32 Å². The predicted molar refractivity (Wildman–Crippen MR) is 90.9 cm³/mol. The summed E-state index contributed by atoms with van der Waals surface area (Å²) < 4.78 is 22.9. The molecule has 3 rings (SSSR count). The molecule has 0 saturated carbocycles. The Morgan fingerprint density at radius 1 is 1.37 bits per heavy atom. The highest BCUT2D eigenvalue weighted by molar-refractivity contribution is 5.73. The number of fused-ring (bicyclic) bond motifs is 1. The van der Waals surface area contributed by atoms with Gasteiger partial charge in [-0.2, -0.15) is 0 Å². The molecular formula is C17H22N2O8. The van der Waals surface area contributed by atoms with E-state index in [1.54, 1.807) is 13.8 Å². The van der Waals surface area contributed by atoms with Crippen molar-refractivity contribution in [3.05, 3.63) is 34.4 Å². The molecule has 2 N–H and O–H groups in total. The number of nitrogens with one attached hydrogen (secondary N) is 1. The van der Waals surface area contributed by atoms with Gasteiger partial charge in [-0.3, -0.25) is 14.9 Å². The normalized spacial score (nSPS) is 32.2. The maximum atomic E-state index is 11.6. The molecule has 0 unspecified atom stereocenters. The summed E-state index contributed by atoms with van der Waals surface area (Å²) in [7, 11) is 0. The van der Waals surface area contributed by atoms with Gasteiger partial charge in [0.05, 0.1) is 11.5 Å². The summed E-state index contributed by atoms with van der Waals surface area (Å²) in [6.07, 6.45) is -3.43. The van der Waals surface area contributed by atoms with Gasteiger partial charge in [-0.25, -0.2) is 0 Å². The number of benzene rings is 1. The molecule has 0 radical (unpaired) electrons. The van der Waals surface area contributed by atoms with E-state index in [0.717, 1.165) is 0 Å². The Balaban J connectivity index is 1.79. The van der Waals surface area contributed by atoms with Crippen molar-refractivity contribution >= 4 is 11.6 Å². The number of nitro groups is 1. The molecule has 2 aliphatic rings. The molecule has 2 aliphatic heterocycles. The van der Waals surface area contributed by atoms with Crippen LogP contribution in [-0.2, 0) is 19.0 Å². The molecule has 27 heavy (non-hydrogen) atoms. The van der Waals surface area contributed by atoms with Gasteiger partial charge in [0, 0.05) is 19.1 Å². The van der Waals surface area contributed by atoms with E-state index in [9.17, 15) is 20.0 Å². The number of ether oxygens (including phenoxy) is 4.